The Kier molecular flexibility index (Phi) is 6.96. The fraction of sp³-hybridized carbons (Fsp3) is 0.360. The summed E-state index contributed by atoms with van der Waals surface area (Å²) in [7, 11) is 5.38. The van der Waals surface area contributed by atoms with Gasteiger partial charge < -0.3 is 14.5 Å². The van der Waals surface area contributed by atoms with Crippen LogP contribution >= 0.6 is 0 Å². The van der Waals surface area contributed by atoms with Gasteiger partial charge in [0.1, 0.15) is 6.10 Å². The minimum absolute atomic E-state index is 0.0344. The van der Waals surface area contributed by atoms with Crippen molar-refractivity contribution in [1.82, 2.24) is 24.7 Å². The lowest BCUT2D eigenvalue weighted by Gasteiger charge is -2.34. The van der Waals surface area contributed by atoms with Crippen LogP contribution < -0.4 is 0 Å². The summed E-state index contributed by atoms with van der Waals surface area (Å²) in [5.41, 5.74) is 2.91. The van der Waals surface area contributed by atoms with Crippen molar-refractivity contribution in [3.05, 3.63) is 71.7 Å². The Labute approximate surface area is 193 Å². The van der Waals surface area contributed by atoms with Crippen LogP contribution in [0.3, 0.4) is 0 Å². The molecule has 3 aromatic rings. The molecule has 2 aromatic heterocycles. The van der Waals surface area contributed by atoms with Gasteiger partial charge in [-0.15, -0.1) is 0 Å². The number of ether oxygens (including phenoxy) is 1. The van der Waals surface area contributed by atoms with Crippen LogP contribution in [-0.4, -0.2) is 83.9 Å². The van der Waals surface area contributed by atoms with Crippen molar-refractivity contribution < 1.29 is 14.3 Å². The van der Waals surface area contributed by atoms with Crippen LogP contribution in [0.1, 0.15) is 27.8 Å². The summed E-state index contributed by atoms with van der Waals surface area (Å²) in [6, 6.07) is 15.2. The molecule has 0 N–H and O–H groups in total. The fourth-order valence-electron chi connectivity index (χ4n) is 3.99. The molecule has 4 rings (SSSR count). The van der Waals surface area contributed by atoms with E-state index in [9.17, 15) is 9.59 Å². The summed E-state index contributed by atoms with van der Waals surface area (Å²) in [5, 5.41) is 0.805. The Balaban J connectivity index is 1.50. The highest BCUT2D eigenvalue weighted by molar-refractivity contribution is 6.06. The highest BCUT2D eigenvalue weighted by atomic mass is 16.5. The first-order valence-electron chi connectivity index (χ1n) is 11.0. The van der Waals surface area contributed by atoms with E-state index in [4.69, 9.17) is 9.72 Å². The zero-order chi connectivity index (χ0) is 23.4. The van der Waals surface area contributed by atoms with Gasteiger partial charge in [0.15, 0.2) is 0 Å². The molecular formula is C25H29N5O3. The van der Waals surface area contributed by atoms with Crippen LogP contribution in [0.5, 0.6) is 0 Å². The van der Waals surface area contributed by atoms with Gasteiger partial charge in [-0.1, -0.05) is 24.3 Å². The molecule has 0 spiro atoms. The molecule has 0 saturated carbocycles. The first kappa shape index (κ1) is 22.8. The highest BCUT2D eigenvalue weighted by Gasteiger charge is 2.28. The molecule has 0 unspecified atom stereocenters. The second kappa shape index (κ2) is 10.1. The second-order valence-corrected chi connectivity index (χ2v) is 8.50. The SMILES string of the molecule is CN(CC(=O)N1CCO[C@@H](c2cc(C(=O)N(C)C)c3ccccc3n2)C1)Cc1ccccn1. The summed E-state index contributed by atoms with van der Waals surface area (Å²) in [6.45, 7) is 2.24. The van der Waals surface area contributed by atoms with E-state index in [1.54, 1.807) is 31.3 Å². The van der Waals surface area contributed by atoms with Gasteiger partial charge in [0.25, 0.3) is 5.91 Å². The van der Waals surface area contributed by atoms with Gasteiger partial charge in [-0.05, 0) is 31.3 Å². The number of likely N-dealkylation sites (N-methyl/N-ethyl adjacent to an activating group) is 1. The summed E-state index contributed by atoms with van der Waals surface area (Å²) in [5.74, 6) is -0.0538. The Hall–Kier alpha value is -3.36. The number of para-hydroxylation sites is 1. The van der Waals surface area contributed by atoms with Crippen molar-refractivity contribution in [1.29, 1.82) is 0 Å². The molecule has 0 aliphatic carbocycles. The largest absolute Gasteiger partial charge is 0.368 e. The number of amides is 2. The number of aromatic nitrogens is 2. The predicted octanol–water partition coefficient (Wildman–Crippen LogP) is 2.36. The Morgan fingerprint density at radius 3 is 2.67 bits per heavy atom. The minimum atomic E-state index is -0.387. The number of nitrogens with zero attached hydrogens (tertiary/aromatic N) is 5. The molecule has 8 nitrogen and oxygen atoms in total. The summed E-state index contributed by atoms with van der Waals surface area (Å²) in [4.78, 5) is 40.2. The number of benzene rings is 1. The zero-order valence-electron chi connectivity index (χ0n) is 19.3. The topological polar surface area (TPSA) is 78.9 Å². The van der Waals surface area contributed by atoms with E-state index in [0.717, 1.165) is 16.6 Å². The third-order valence-electron chi connectivity index (χ3n) is 5.68. The van der Waals surface area contributed by atoms with Gasteiger partial charge in [-0.2, -0.15) is 0 Å². The lowest BCUT2D eigenvalue weighted by Crippen LogP contribution is -2.46. The molecule has 0 radical (unpaired) electrons. The molecule has 8 heteroatoms. The van der Waals surface area contributed by atoms with Gasteiger partial charge in [0.05, 0.1) is 42.2 Å². The molecule has 1 saturated heterocycles. The number of hydrogen-bond acceptors (Lipinski definition) is 6. The van der Waals surface area contributed by atoms with Crippen molar-refractivity contribution in [3.63, 3.8) is 0 Å². The Morgan fingerprint density at radius 2 is 1.91 bits per heavy atom. The highest BCUT2D eigenvalue weighted by Crippen LogP contribution is 2.26. The van der Waals surface area contributed by atoms with E-state index >= 15 is 0 Å². The maximum absolute atomic E-state index is 13.0. The van der Waals surface area contributed by atoms with Gasteiger partial charge in [0, 0.05) is 38.8 Å². The van der Waals surface area contributed by atoms with E-state index in [1.807, 2.05) is 59.3 Å². The smallest absolute Gasteiger partial charge is 0.254 e. The molecule has 172 valence electrons. The Bertz CT molecular complexity index is 1140. The number of rotatable bonds is 6. The average molecular weight is 448 g/mol. The third-order valence-corrected chi connectivity index (χ3v) is 5.68. The Morgan fingerprint density at radius 1 is 1.12 bits per heavy atom. The molecule has 1 aromatic carbocycles. The van der Waals surface area contributed by atoms with Crippen molar-refractivity contribution in [2.24, 2.45) is 0 Å². The number of carbonyl (C=O) groups is 2. The van der Waals surface area contributed by atoms with Crippen LogP contribution in [0.2, 0.25) is 0 Å². The second-order valence-electron chi connectivity index (χ2n) is 8.50. The summed E-state index contributed by atoms with van der Waals surface area (Å²) >= 11 is 0. The lowest BCUT2D eigenvalue weighted by atomic mass is 10.0. The summed E-state index contributed by atoms with van der Waals surface area (Å²) < 4.78 is 5.98. The third kappa shape index (κ3) is 5.35. The van der Waals surface area contributed by atoms with Crippen molar-refractivity contribution in [2.75, 3.05) is 47.4 Å². The quantitative estimate of drug-likeness (QED) is 0.577. The minimum Gasteiger partial charge on any atom is -0.368 e. The first-order valence-corrected chi connectivity index (χ1v) is 11.0. The van der Waals surface area contributed by atoms with Crippen LogP contribution in [-0.2, 0) is 16.1 Å². The zero-order valence-corrected chi connectivity index (χ0v) is 19.3. The van der Waals surface area contributed by atoms with Crippen molar-refractivity contribution in [3.8, 4) is 0 Å². The van der Waals surface area contributed by atoms with E-state index in [2.05, 4.69) is 4.98 Å². The van der Waals surface area contributed by atoms with Gasteiger partial charge in [-0.25, -0.2) is 4.98 Å². The number of hydrogen-bond donors (Lipinski definition) is 0. The van der Waals surface area contributed by atoms with Gasteiger partial charge in [-0.3, -0.25) is 19.5 Å². The van der Waals surface area contributed by atoms with Gasteiger partial charge >= 0.3 is 0 Å². The predicted molar refractivity (Wildman–Crippen MR) is 126 cm³/mol. The molecule has 1 aliphatic rings. The molecule has 1 aliphatic heterocycles. The molecule has 0 bridgehead atoms. The van der Waals surface area contributed by atoms with E-state index in [1.165, 1.54) is 0 Å². The molecule has 3 heterocycles. The molecular weight excluding hydrogens is 418 g/mol. The molecule has 33 heavy (non-hydrogen) atoms. The standard InChI is InChI=1S/C25H29N5O3/c1-28(2)25(32)20-14-22(27-21-10-5-4-9-19(20)21)23-16-30(12-13-33-23)24(31)17-29(3)15-18-8-6-7-11-26-18/h4-11,14,23H,12-13,15-17H2,1-3H3/t23-/m1/s1. The van der Waals surface area contributed by atoms with Gasteiger partial charge in [0.2, 0.25) is 5.91 Å². The van der Waals surface area contributed by atoms with Crippen molar-refractivity contribution in [2.45, 2.75) is 12.6 Å². The maximum atomic E-state index is 13.0. The summed E-state index contributed by atoms with van der Waals surface area (Å²) in [6.07, 6.45) is 1.37. The lowest BCUT2D eigenvalue weighted by molar-refractivity contribution is -0.140. The molecule has 1 atom stereocenters. The number of pyridine rings is 2. The molecule has 2 amide bonds. The van der Waals surface area contributed by atoms with Crippen LogP contribution in [0.15, 0.2) is 54.7 Å². The number of fused-ring (bicyclic) bond motifs is 1. The monoisotopic (exact) mass is 447 g/mol. The van der Waals surface area contributed by atoms with E-state index in [0.29, 0.717) is 44.0 Å². The van der Waals surface area contributed by atoms with E-state index < -0.39 is 0 Å². The first-order chi connectivity index (χ1) is 15.9. The van der Waals surface area contributed by atoms with E-state index in [-0.39, 0.29) is 17.9 Å². The van der Waals surface area contributed by atoms with Crippen LogP contribution in [0, 0.1) is 0 Å². The fourth-order valence-corrected chi connectivity index (χ4v) is 3.99. The normalized spacial score (nSPS) is 16.2. The van der Waals surface area contributed by atoms with Crippen LogP contribution in [0.4, 0.5) is 0 Å². The number of morpholine rings is 1. The molecule has 1 fully saturated rings. The average Bonchev–Trinajstić information content (AvgIpc) is 2.83. The maximum Gasteiger partial charge on any atom is 0.254 e. The van der Waals surface area contributed by atoms with Crippen molar-refractivity contribution >= 4 is 22.7 Å². The number of carbonyl (C=O) groups excluding carboxylic acids is 2. The van der Waals surface area contributed by atoms with Crippen LogP contribution in [0.25, 0.3) is 10.9 Å².